The largest absolute Gasteiger partial charge is 0.497 e. The van der Waals surface area contributed by atoms with Crippen molar-refractivity contribution < 1.29 is 22.7 Å². The summed E-state index contributed by atoms with van der Waals surface area (Å²) in [6.07, 6.45) is 0. The number of benzene rings is 3. The molecule has 180 valence electrons. The van der Waals surface area contributed by atoms with Crippen LogP contribution in [0.2, 0.25) is 5.02 Å². The highest BCUT2D eigenvalue weighted by Gasteiger charge is 2.30. The number of hydrogen-bond donors (Lipinski definition) is 1. The number of hydrogen-bond acceptors (Lipinski definition) is 5. The van der Waals surface area contributed by atoms with Crippen LogP contribution in [-0.2, 0) is 14.8 Å². The Balaban J connectivity index is 1.93. The first-order valence-corrected chi connectivity index (χ1v) is 12.3. The van der Waals surface area contributed by atoms with Gasteiger partial charge in [-0.2, -0.15) is 0 Å². The third-order valence-electron chi connectivity index (χ3n) is 5.28. The molecule has 0 aliphatic rings. The van der Waals surface area contributed by atoms with Crippen molar-refractivity contribution in [1.29, 1.82) is 0 Å². The monoisotopic (exact) mass is 502 g/mol. The average Bonchev–Trinajstić information content (AvgIpc) is 2.83. The van der Waals surface area contributed by atoms with Crippen LogP contribution >= 0.6 is 11.6 Å². The first-order valence-electron chi connectivity index (χ1n) is 10.5. The Labute approximate surface area is 205 Å². The lowest BCUT2D eigenvalue weighted by Crippen LogP contribution is -2.41. The second kappa shape index (κ2) is 10.8. The van der Waals surface area contributed by atoms with E-state index in [1.807, 2.05) is 19.1 Å². The molecular formula is C25H27ClN2O5S. The molecule has 3 aromatic carbocycles. The van der Waals surface area contributed by atoms with E-state index in [0.717, 1.165) is 15.4 Å². The predicted molar refractivity (Wildman–Crippen MR) is 133 cm³/mol. The Kier molecular flexibility index (Phi) is 8.06. The molecule has 7 nitrogen and oxygen atoms in total. The number of sulfonamides is 1. The molecule has 3 aromatic rings. The van der Waals surface area contributed by atoms with E-state index in [1.54, 1.807) is 62.6 Å². The van der Waals surface area contributed by atoms with E-state index in [9.17, 15) is 13.2 Å². The van der Waals surface area contributed by atoms with E-state index in [0.29, 0.717) is 16.5 Å². The van der Waals surface area contributed by atoms with E-state index in [2.05, 4.69) is 5.32 Å². The molecule has 0 saturated heterocycles. The highest BCUT2D eigenvalue weighted by atomic mass is 35.5. The Morgan fingerprint density at radius 1 is 1.00 bits per heavy atom. The van der Waals surface area contributed by atoms with Gasteiger partial charge in [0.2, 0.25) is 5.91 Å². The number of carbonyl (C=O) groups is 1. The molecule has 0 aliphatic heterocycles. The standard InChI is InChI=1S/C25H27ClN2O5S/c1-17-5-14-23(33-4)24(15-17)34(30,31)28(21-10-8-20(26)9-11-21)16-25(29)27-18(2)19-6-12-22(32-3)13-7-19/h5-15,18H,16H2,1-4H3,(H,27,29). The SMILES string of the molecule is COc1ccc(C(C)NC(=O)CN(c2ccc(Cl)cc2)S(=O)(=O)c2cc(C)ccc2OC)cc1. The van der Waals surface area contributed by atoms with Crippen LogP contribution in [0, 0.1) is 6.92 Å². The minimum atomic E-state index is -4.15. The van der Waals surface area contributed by atoms with Crippen molar-refractivity contribution in [3.63, 3.8) is 0 Å². The maximum absolute atomic E-state index is 13.7. The van der Waals surface area contributed by atoms with Gasteiger partial charge in [-0.1, -0.05) is 29.8 Å². The zero-order chi connectivity index (χ0) is 24.9. The number of ether oxygens (including phenoxy) is 2. The summed E-state index contributed by atoms with van der Waals surface area (Å²) in [7, 11) is -1.17. The van der Waals surface area contributed by atoms with Crippen LogP contribution in [0.15, 0.2) is 71.6 Å². The van der Waals surface area contributed by atoms with Gasteiger partial charge >= 0.3 is 0 Å². The number of nitrogens with zero attached hydrogens (tertiary/aromatic N) is 1. The molecule has 1 N–H and O–H groups in total. The van der Waals surface area contributed by atoms with Crippen LogP contribution in [0.5, 0.6) is 11.5 Å². The summed E-state index contributed by atoms with van der Waals surface area (Å²) in [4.78, 5) is 13.0. The maximum atomic E-state index is 13.7. The summed E-state index contributed by atoms with van der Waals surface area (Å²) in [5.74, 6) is 0.430. The molecule has 0 bridgehead atoms. The van der Waals surface area contributed by atoms with Crippen molar-refractivity contribution in [2.24, 2.45) is 0 Å². The summed E-state index contributed by atoms with van der Waals surface area (Å²) in [5.41, 5.74) is 1.91. The van der Waals surface area contributed by atoms with Crippen molar-refractivity contribution in [3.8, 4) is 11.5 Å². The summed E-state index contributed by atoms with van der Waals surface area (Å²) in [5, 5.41) is 3.32. The molecule has 1 atom stereocenters. The first kappa shape index (κ1) is 25.4. The molecule has 34 heavy (non-hydrogen) atoms. The molecule has 1 amide bonds. The summed E-state index contributed by atoms with van der Waals surface area (Å²) >= 11 is 6.00. The molecule has 0 aromatic heterocycles. The van der Waals surface area contributed by atoms with E-state index < -0.39 is 22.5 Å². The Bertz CT molecular complexity index is 1250. The van der Waals surface area contributed by atoms with E-state index in [-0.39, 0.29) is 16.7 Å². The van der Waals surface area contributed by atoms with Gasteiger partial charge in [-0.15, -0.1) is 0 Å². The minimum absolute atomic E-state index is 0.0269. The molecule has 0 saturated carbocycles. The minimum Gasteiger partial charge on any atom is -0.497 e. The number of methoxy groups -OCH3 is 2. The number of nitrogens with one attached hydrogen (secondary N) is 1. The van der Waals surface area contributed by atoms with Crippen LogP contribution in [-0.4, -0.2) is 35.1 Å². The molecule has 0 spiro atoms. The van der Waals surface area contributed by atoms with Gasteiger partial charge in [0.05, 0.1) is 25.9 Å². The smallest absolute Gasteiger partial charge is 0.268 e. The normalized spacial score (nSPS) is 12.0. The summed E-state index contributed by atoms with van der Waals surface area (Å²) in [6.45, 7) is 3.18. The highest BCUT2D eigenvalue weighted by molar-refractivity contribution is 7.93. The zero-order valence-electron chi connectivity index (χ0n) is 19.4. The molecular weight excluding hydrogens is 476 g/mol. The molecule has 0 fully saturated rings. The summed E-state index contributed by atoms with van der Waals surface area (Å²) < 4.78 is 39.0. The fourth-order valence-electron chi connectivity index (χ4n) is 3.42. The number of aryl methyl sites for hydroxylation is 1. The van der Waals surface area contributed by atoms with Gasteiger partial charge in [-0.3, -0.25) is 9.10 Å². The molecule has 3 rings (SSSR count). The third kappa shape index (κ3) is 5.81. The Morgan fingerprint density at radius 3 is 2.24 bits per heavy atom. The van der Waals surface area contributed by atoms with E-state index >= 15 is 0 Å². The molecule has 9 heteroatoms. The lowest BCUT2D eigenvalue weighted by molar-refractivity contribution is -0.120. The van der Waals surface area contributed by atoms with Crippen LogP contribution < -0.4 is 19.1 Å². The number of halogens is 1. The van der Waals surface area contributed by atoms with Gasteiger partial charge < -0.3 is 14.8 Å². The first-order chi connectivity index (χ1) is 16.1. The van der Waals surface area contributed by atoms with Crippen molar-refractivity contribution in [2.45, 2.75) is 24.8 Å². The number of amides is 1. The predicted octanol–water partition coefficient (Wildman–Crippen LogP) is 4.74. The summed E-state index contributed by atoms with van der Waals surface area (Å²) in [6, 6.07) is 18.1. The second-order valence-electron chi connectivity index (χ2n) is 7.70. The lowest BCUT2D eigenvalue weighted by Gasteiger charge is -2.26. The quantitative estimate of drug-likeness (QED) is 0.457. The van der Waals surface area contributed by atoms with Gasteiger partial charge in [0.25, 0.3) is 10.0 Å². The maximum Gasteiger partial charge on any atom is 0.268 e. The van der Waals surface area contributed by atoms with Crippen LogP contribution in [0.3, 0.4) is 0 Å². The van der Waals surface area contributed by atoms with Crippen molar-refractivity contribution in [2.75, 3.05) is 25.1 Å². The van der Waals surface area contributed by atoms with Gasteiger partial charge in [0.1, 0.15) is 22.9 Å². The third-order valence-corrected chi connectivity index (χ3v) is 7.33. The molecule has 0 radical (unpaired) electrons. The number of rotatable bonds is 9. The molecule has 1 unspecified atom stereocenters. The van der Waals surface area contributed by atoms with Crippen LogP contribution in [0.1, 0.15) is 24.1 Å². The van der Waals surface area contributed by atoms with Crippen LogP contribution in [0.25, 0.3) is 0 Å². The zero-order valence-corrected chi connectivity index (χ0v) is 21.0. The number of anilines is 1. The van der Waals surface area contributed by atoms with E-state index in [1.165, 1.54) is 13.2 Å². The van der Waals surface area contributed by atoms with Crippen molar-refractivity contribution in [1.82, 2.24) is 5.32 Å². The highest BCUT2D eigenvalue weighted by Crippen LogP contribution is 2.31. The molecule has 0 aliphatic carbocycles. The second-order valence-corrected chi connectivity index (χ2v) is 9.97. The van der Waals surface area contributed by atoms with Crippen molar-refractivity contribution in [3.05, 3.63) is 82.9 Å². The Hall–Kier alpha value is -3.23. The average molecular weight is 503 g/mol. The fraction of sp³-hybridized carbons (Fsp3) is 0.240. The lowest BCUT2D eigenvalue weighted by atomic mass is 10.1. The van der Waals surface area contributed by atoms with Crippen molar-refractivity contribution >= 4 is 33.2 Å². The fourth-order valence-corrected chi connectivity index (χ4v) is 5.21. The van der Waals surface area contributed by atoms with E-state index in [4.69, 9.17) is 21.1 Å². The van der Waals surface area contributed by atoms with Gasteiger partial charge in [-0.25, -0.2) is 8.42 Å². The number of carbonyl (C=O) groups excluding carboxylic acids is 1. The van der Waals surface area contributed by atoms with Gasteiger partial charge in [0.15, 0.2) is 0 Å². The topological polar surface area (TPSA) is 84.9 Å². The van der Waals surface area contributed by atoms with Gasteiger partial charge in [0, 0.05) is 5.02 Å². The van der Waals surface area contributed by atoms with Gasteiger partial charge in [-0.05, 0) is 73.5 Å². The van der Waals surface area contributed by atoms with Crippen LogP contribution in [0.4, 0.5) is 5.69 Å². The Morgan fingerprint density at radius 2 is 1.65 bits per heavy atom. The molecule has 0 heterocycles.